The Morgan fingerprint density at radius 2 is 1.79 bits per heavy atom. The summed E-state index contributed by atoms with van der Waals surface area (Å²) in [5.74, 6) is -0.102. The zero-order valence-corrected chi connectivity index (χ0v) is 19.8. The van der Waals surface area contributed by atoms with Gasteiger partial charge in [0.1, 0.15) is 12.1 Å². The molecule has 176 valence electrons. The van der Waals surface area contributed by atoms with Gasteiger partial charge in [0.25, 0.3) is 5.91 Å². The van der Waals surface area contributed by atoms with Crippen molar-refractivity contribution < 1.29 is 14.4 Å². The van der Waals surface area contributed by atoms with Crippen LogP contribution >= 0.6 is 0 Å². The van der Waals surface area contributed by atoms with Gasteiger partial charge in [-0.25, -0.2) is 4.79 Å². The fourth-order valence-electron chi connectivity index (χ4n) is 5.98. The molecule has 1 aliphatic carbocycles. The van der Waals surface area contributed by atoms with Gasteiger partial charge in [0.05, 0.1) is 11.6 Å². The third-order valence-corrected chi connectivity index (χ3v) is 7.13. The van der Waals surface area contributed by atoms with Crippen LogP contribution in [-0.2, 0) is 16.1 Å². The van der Waals surface area contributed by atoms with Crippen LogP contribution in [-0.4, -0.2) is 70.8 Å². The average molecular weight is 452 g/mol. The van der Waals surface area contributed by atoms with Crippen LogP contribution in [0.4, 0.5) is 4.79 Å². The van der Waals surface area contributed by atoms with E-state index in [1.807, 2.05) is 24.3 Å². The second kappa shape index (κ2) is 8.79. The van der Waals surface area contributed by atoms with Gasteiger partial charge >= 0.3 is 6.03 Å². The highest BCUT2D eigenvalue weighted by Gasteiger charge is 2.56. The van der Waals surface area contributed by atoms with E-state index in [2.05, 4.69) is 37.1 Å². The molecule has 8 nitrogen and oxygen atoms in total. The number of carbonyl (C=O) groups excluding carboxylic acids is 3. The quantitative estimate of drug-likeness (QED) is 0.709. The lowest BCUT2D eigenvalue weighted by Gasteiger charge is -2.43. The molecular weight excluding hydrogens is 418 g/mol. The van der Waals surface area contributed by atoms with Crippen molar-refractivity contribution in [2.24, 2.45) is 11.3 Å². The van der Waals surface area contributed by atoms with Crippen molar-refractivity contribution in [3.05, 3.63) is 35.4 Å². The molecule has 1 aromatic carbocycles. The van der Waals surface area contributed by atoms with Gasteiger partial charge in [-0.05, 0) is 48.3 Å². The summed E-state index contributed by atoms with van der Waals surface area (Å²) < 4.78 is 0. The van der Waals surface area contributed by atoms with Crippen LogP contribution < -0.4 is 5.32 Å². The number of hydrogen-bond acceptors (Lipinski definition) is 5. The summed E-state index contributed by atoms with van der Waals surface area (Å²) in [4.78, 5) is 44.1. The summed E-state index contributed by atoms with van der Waals surface area (Å²) in [6.07, 6.45) is 2.25. The van der Waals surface area contributed by atoms with Gasteiger partial charge in [-0.3, -0.25) is 19.4 Å². The Morgan fingerprint density at radius 1 is 1.12 bits per heavy atom. The third kappa shape index (κ3) is 4.88. The van der Waals surface area contributed by atoms with E-state index in [0.717, 1.165) is 36.5 Å². The van der Waals surface area contributed by atoms with Gasteiger partial charge in [0.15, 0.2) is 0 Å². The Kier molecular flexibility index (Phi) is 6.19. The number of imide groups is 1. The molecule has 3 aliphatic rings. The SMILES string of the molecule is C[C@@H]1CC(C)(C)C[C@]2(C1)NC(=O)N(CC(=O)N1CCN(Cc3ccc(C#N)cc3)CC1)C2=O. The van der Waals surface area contributed by atoms with Gasteiger partial charge in [-0.15, -0.1) is 0 Å². The number of nitrogens with zero attached hydrogens (tertiary/aromatic N) is 4. The van der Waals surface area contributed by atoms with E-state index in [1.165, 1.54) is 0 Å². The van der Waals surface area contributed by atoms with E-state index >= 15 is 0 Å². The van der Waals surface area contributed by atoms with Crippen LogP contribution in [0.3, 0.4) is 0 Å². The smallest absolute Gasteiger partial charge is 0.325 e. The number of nitriles is 1. The number of piperazine rings is 1. The fourth-order valence-corrected chi connectivity index (χ4v) is 5.98. The van der Waals surface area contributed by atoms with E-state index < -0.39 is 11.6 Å². The largest absolute Gasteiger partial charge is 0.339 e. The highest BCUT2D eigenvalue weighted by molar-refractivity contribution is 6.09. The summed E-state index contributed by atoms with van der Waals surface area (Å²) in [5, 5.41) is 11.9. The molecule has 4 amide bonds. The molecule has 2 saturated heterocycles. The first-order chi connectivity index (χ1) is 15.6. The van der Waals surface area contributed by atoms with Gasteiger partial charge in [0, 0.05) is 32.7 Å². The van der Waals surface area contributed by atoms with Crippen LogP contribution in [0.5, 0.6) is 0 Å². The molecule has 1 saturated carbocycles. The molecule has 0 bridgehead atoms. The van der Waals surface area contributed by atoms with E-state index in [0.29, 0.717) is 37.4 Å². The predicted molar refractivity (Wildman–Crippen MR) is 123 cm³/mol. The Morgan fingerprint density at radius 3 is 2.39 bits per heavy atom. The molecule has 0 unspecified atom stereocenters. The topological polar surface area (TPSA) is 96.8 Å². The Balaban J connectivity index is 1.32. The second-order valence-electron chi connectivity index (χ2n) is 10.7. The summed E-state index contributed by atoms with van der Waals surface area (Å²) in [6, 6.07) is 9.21. The van der Waals surface area contributed by atoms with Crippen LogP contribution in [0, 0.1) is 22.7 Å². The molecule has 0 radical (unpaired) electrons. The lowest BCUT2D eigenvalue weighted by Crippen LogP contribution is -2.55. The monoisotopic (exact) mass is 451 g/mol. The summed E-state index contributed by atoms with van der Waals surface area (Å²) in [7, 11) is 0. The fraction of sp³-hybridized carbons (Fsp3) is 0.600. The molecule has 8 heteroatoms. The third-order valence-electron chi connectivity index (χ3n) is 7.13. The number of benzene rings is 1. The molecule has 4 rings (SSSR count). The summed E-state index contributed by atoms with van der Waals surface area (Å²) >= 11 is 0. The highest BCUT2D eigenvalue weighted by atomic mass is 16.2. The van der Waals surface area contributed by atoms with Crippen molar-refractivity contribution in [3.63, 3.8) is 0 Å². The Bertz CT molecular complexity index is 975. The van der Waals surface area contributed by atoms with E-state index in [-0.39, 0.29) is 23.8 Å². The van der Waals surface area contributed by atoms with E-state index in [4.69, 9.17) is 5.26 Å². The van der Waals surface area contributed by atoms with Crippen LogP contribution in [0.15, 0.2) is 24.3 Å². The van der Waals surface area contributed by atoms with Crippen LogP contribution in [0.25, 0.3) is 0 Å². The van der Waals surface area contributed by atoms with Crippen molar-refractivity contribution in [3.8, 4) is 6.07 Å². The molecule has 2 aliphatic heterocycles. The number of hydrogen-bond donors (Lipinski definition) is 1. The number of carbonyl (C=O) groups is 3. The van der Waals surface area contributed by atoms with Crippen LogP contribution in [0.2, 0.25) is 0 Å². The number of amides is 4. The van der Waals surface area contributed by atoms with Crippen molar-refractivity contribution >= 4 is 17.8 Å². The number of rotatable bonds is 4. The standard InChI is InChI=1S/C25H33N5O3/c1-18-12-24(2,3)17-25(13-18)22(32)30(23(33)27-25)16-21(31)29-10-8-28(9-11-29)15-20-6-4-19(14-26)5-7-20/h4-7,18H,8-13,15-17H2,1-3H3,(H,27,33)/t18-,25+/m1/s1. The molecule has 2 atom stereocenters. The molecule has 1 spiro atoms. The number of urea groups is 1. The summed E-state index contributed by atoms with van der Waals surface area (Å²) in [5.41, 5.74) is 0.857. The minimum atomic E-state index is -0.877. The number of nitrogens with one attached hydrogen (secondary N) is 1. The van der Waals surface area contributed by atoms with Gasteiger partial charge in [-0.1, -0.05) is 32.9 Å². The Labute approximate surface area is 195 Å². The Hall–Kier alpha value is -2.92. The van der Waals surface area contributed by atoms with E-state index in [9.17, 15) is 14.4 Å². The molecular formula is C25H33N5O3. The first-order valence-electron chi connectivity index (χ1n) is 11.7. The zero-order chi connectivity index (χ0) is 23.8. The van der Waals surface area contributed by atoms with Crippen molar-refractivity contribution in [2.45, 2.75) is 52.1 Å². The van der Waals surface area contributed by atoms with Gasteiger partial charge < -0.3 is 10.2 Å². The minimum absolute atomic E-state index is 0.0358. The minimum Gasteiger partial charge on any atom is -0.339 e. The predicted octanol–water partition coefficient (Wildman–Crippen LogP) is 2.34. The van der Waals surface area contributed by atoms with E-state index in [1.54, 1.807) is 4.90 Å². The first-order valence-corrected chi connectivity index (χ1v) is 11.7. The molecule has 1 aromatic rings. The van der Waals surface area contributed by atoms with Crippen LogP contribution in [0.1, 0.15) is 51.2 Å². The van der Waals surface area contributed by atoms with Gasteiger partial charge in [0.2, 0.25) is 5.91 Å². The highest BCUT2D eigenvalue weighted by Crippen LogP contribution is 2.46. The molecule has 0 aromatic heterocycles. The maximum Gasteiger partial charge on any atom is 0.325 e. The molecule has 2 heterocycles. The molecule has 3 fully saturated rings. The normalized spacial score (nSPS) is 27.5. The van der Waals surface area contributed by atoms with Crippen molar-refractivity contribution in [1.82, 2.24) is 20.0 Å². The summed E-state index contributed by atoms with van der Waals surface area (Å²) in [6.45, 7) is 9.52. The van der Waals surface area contributed by atoms with Gasteiger partial charge in [-0.2, -0.15) is 5.26 Å². The molecule has 33 heavy (non-hydrogen) atoms. The average Bonchev–Trinajstić information content (AvgIpc) is 2.96. The van der Waals surface area contributed by atoms with Crippen molar-refractivity contribution in [1.29, 1.82) is 5.26 Å². The maximum atomic E-state index is 13.3. The lowest BCUT2D eigenvalue weighted by atomic mass is 9.64. The molecule has 1 N–H and O–H groups in total. The first kappa shape index (κ1) is 23.2. The second-order valence-corrected chi connectivity index (χ2v) is 10.7. The lowest BCUT2D eigenvalue weighted by molar-refractivity contribution is -0.141. The van der Waals surface area contributed by atoms with Crippen molar-refractivity contribution in [2.75, 3.05) is 32.7 Å². The maximum absolute atomic E-state index is 13.3. The zero-order valence-electron chi connectivity index (χ0n) is 19.8.